The average molecular weight is 274 g/mol. The third-order valence-electron chi connectivity index (χ3n) is 2.36. The number of halogens is 1. The third-order valence-corrected chi connectivity index (χ3v) is 2.36. The summed E-state index contributed by atoms with van der Waals surface area (Å²) in [4.78, 5) is 26.3. The number of anilines is 2. The Morgan fingerprint density at radius 3 is 2.55 bits per heavy atom. The molecule has 0 saturated carbocycles. The van der Waals surface area contributed by atoms with Gasteiger partial charge in [0, 0.05) is 5.56 Å². The lowest BCUT2D eigenvalue weighted by atomic mass is 10.2. The maximum atomic E-state index is 13.0. The molecule has 1 heterocycles. The molecule has 1 aromatic carbocycles. The van der Waals surface area contributed by atoms with E-state index in [2.05, 4.69) is 15.6 Å². The molecule has 0 aliphatic carbocycles. The van der Waals surface area contributed by atoms with Crippen LogP contribution in [0.3, 0.4) is 0 Å². The highest BCUT2D eigenvalue weighted by Crippen LogP contribution is 2.12. The van der Waals surface area contributed by atoms with Gasteiger partial charge < -0.3 is 11.1 Å². The second-order valence-corrected chi connectivity index (χ2v) is 3.89. The summed E-state index contributed by atoms with van der Waals surface area (Å²) in [6.07, 6.45) is 1.35. The summed E-state index contributed by atoms with van der Waals surface area (Å²) in [5, 5.41) is 4.84. The van der Waals surface area contributed by atoms with E-state index in [4.69, 9.17) is 5.73 Å². The monoisotopic (exact) mass is 274 g/mol. The molecule has 0 radical (unpaired) electrons. The van der Waals surface area contributed by atoms with E-state index in [0.29, 0.717) is 5.69 Å². The van der Waals surface area contributed by atoms with Crippen molar-refractivity contribution in [2.45, 2.75) is 0 Å². The van der Waals surface area contributed by atoms with Gasteiger partial charge in [0.1, 0.15) is 11.6 Å². The minimum absolute atomic E-state index is 0.198. The second-order valence-electron chi connectivity index (χ2n) is 3.89. The molecule has 0 spiro atoms. The number of nitrogens with one attached hydrogen (secondary N) is 2. The van der Waals surface area contributed by atoms with Gasteiger partial charge in [-0.2, -0.15) is 0 Å². The highest BCUT2D eigenvalue weighted by molar-refractivity contribution is 6.04. The van der Waals surface area contributed by atoms with Crippen LogP contribution in [0.1, 0.15) is 10.4 Å². The number of carbonyl (C=O) groups is 2. The fraction of sp³-hybridized carbons (Fsp3) is 0. The number of primary amides is 1. The molecule has 2 rings (SSSR count). The SMILES string of the molecule is NC(=O)Nc1ccc(NC(=O)c2cccc(F)c2)cn1. The van der Waals surface area contributed by atoms with Gasteiger partial charge in [0.15, 0.2) is 0 Å². The van der Waals surface area contributed by atoms with Gasteiger partial charge >= 0.3 is 6.03 Å². The summed E-state index contributed by atoms with van der Waals surface area (Å²) in [5.74, 6) is -0.681. The fourth-order valence-electron chi connectivity index (χ4n) is 1.50. The van der Waals surface area contributed by atoms with Crippen molar-refractivity contribution in [3.8, 4) is 0 Å². The van der Waals surface area contributed by atoms with Crippen molar-refractivity contribution in [1.29, 1.82) is 0 Å². The standard InChI is InChI=1S/C13H11FN4O2/c14-9-3-1-2-8(6-9)12(19)17-10-4-5-11(16-7-10)18-13(15)20/h1-7H,(H,17,19)(H3,15,16,18,20). The molecular weight excluding hydrogens is 263 g/mol. The number of nitrogens with zero attached hydrogens (tertiary/aromatic N) is 1. The number of pyridine rings is 1. The lowest BCUT2D eigenvalue weighted by Gasteiger charge is -2.06. The number of hydrogen-bond acceptors (Lipinski definition) is 3. The Kier molecular flexibility index (Phi) is 3.90. The van der Waals surface area contributed by atoms with E-state index in [1.807, 2.05) is 0 Å². The van der Waals surface area contributed by atoms with Crippen LogP contribution in [0, 0.1) is 5.82 Å². The normalized spacial score (nSPS) is 9.85. The van der Waals surface area contributed by atoms with Crippen LogP contribution in [0.2, 0.25) is 0 Å². The molecule has 3 amide bonds. The molecule has 7 heteroatoms. The summed E-state index contributed by atoms with van der Waals surface area (Å²) >= 11 is 0. The van der Waals surface area contributed by atoms with Gasteiger partial charge in [0.25, 0.3) is 5.91 Å². The van der Waals surface area contributed by atoms with Crippen molar-refractivity contribution in [3.63, 3.8) is 0 Å². The Morgan fingerprint density at radius 1 is 1.15 bits per heavy atom. The molecule has 0 fully saturated rings. The van der Waals surface area contributed by atoms with Crippen molar-refractivity contribution in [3.05, 3.63) is 54.0 Å². The molecule has 20 heavy (non-hydrogen) atoms. The topological polar surface area (TPSA) is 97.1 Å². The number of benzene rings is 1. The van der Waals surface area contributed by atoms with Gasteiger partial charge in [-0.3, -0.25) is 10.1 Å². The lowest BCUT2D eigenvalue weighted by molar-refractivity contribution is 0.102. The van der Waals surface area contributed by atoms with E-state index >= 15 is 0 Å². The average Bonchev–Trinajstić information content (AvgIpc) is 2.40. The summed E-state index contributed by atoms with van der Waals surface area (Å²) in [6, 6.07) is 7.61. The molecule has 1 aromatic heterocycles. The molecule has 0 saturated heterocycles. The number of aromatic nitrogens is 1. The number of carbonyl (C=O) groups excluding carboxylic acids is 2. The Labute approximate surface area is 113 Å². The van der Waals surface area contributed by atoms with E-state index in [9.17, 15) is 14.0 Å². The first-order valence-corrected chi connectivity index (χ1v) is 5.64. The quantitative estimate of drug-likeness (QED) is 0.798. The first-order chi connectivity index (χ1) is 9.54. The van der Waals surface area contributed by atoms with Crippen molar-refractivity contribution in [1.82, 2.24) is 4.98 Å². The Balaban J connectivity index is 2.06. The van der Waals surface area contributed by atoms with Crippen LogP contribution < -0.4 is 16.4 Å². The highest BCUT2D eigenvalue weighted by atomic mass is 19.1. The molecule has 102 valence electrons. The summed E-state index contributed by atoms with van der Waals surface area (Å²) in [7, 11) is 0. The van der Waals surface area contributed by atoms with E-state index in [1.165, 1.54) is 36.5 Å². The lowest BCUT2D eigenvalue weighted by Crippen LogP contribution is -2.20. The summed E-state index contributed by atoms with van der Waals surface area (Å²) < 4.78 is 13.0. The van der Waals surface area contributed by atoms with Crippen LogP contribution in [0.15, 0.2) is 42.6 Å². The van der Waals surface area contributed by atoms with Crippen molar-refractivity contribution >= 4 is 23.4 Å². The van der Waals surface area contributed by atoms with E-state index in [1.54, 1.807) is 0 Å². The first-order valence-electron chi connectivity index (χ1n) is 5.64. The minimum Gasteiger partial charge on any atom is -0.351 e. The third kappa shape index (κ3) is 3.52. The zero-order valence-corrected chi connectivity index (χ0v) is 10.3. The van der Waals surface area contributed by atoms with Crippen LogP contribution in [-0.4, -0.2) is 16.9 Å². The van der Waals surface area contributed by atoms with Crippen LogP contribution in [0.5, 0.6) is 0 Å². The second kappa shape index (κ2) is 5.79. The smallest absolute Gasteiger partial charge is 0.317 e. The van der Waals surface area contributed by atoms with Crippen LogP contribution in [0.25, 0.3) is 0 Å². The Bertz CT molecular complexity index is 643. The molecule has 0 atom stereocenters. The van der Waals surface area contributed by atoms with Crippen LogP contribution in [0.4, 0.5) is 20.7 Å². The van der Waals surface area contributed by atoms with Crippen LogP contribution in [-0.2, 0) is 0 Å². The van der Waals surface area contributed by atoms with Crippen molar-refractivity contribution in [2.24, 2.45) is 5.73 Å². The Morgan fingerprint density at radius 2 is 1.95 bits per heavy atom. The van der Waals surface area contributed by atoms with Crippen LogP contribution >= 0.6 is 0 Å². The Hall–Kier alpha value is -2.96. The molecule has 0 bridgehead atoms. The van der Waals surface area contributed by atoms with Crippen molar-refractivity contribution in [2.75, 3.05) is 10.6 Å². The number of urea groups is 1. The maximum absolute atomic E-state index is 13.0. The van der Waals surface area contributed by atoms with Gasteiger partial charge in [-0.05, 0) is 30.3 Å². The maximum Gasteiger partial charge on any atom is 0.317 e. The molecule has 0 aliphatic heterocycles. The van der Waals surface area contributed by atoms with Gasteiger partial charge in [-0.1, -0.05) is 6.07 Å². The molecule has 6 nitrogen and oxygen atoms in total. The highest BCUT2D eigenvalue weighted by Gasteiger charge is 2.07. The summed E-state index contributed by atoms with van der Waals surface area (Å²) in [5.41, 5.74) is 5.55. The molecular formula is C13H11FN4O2. The van der Waals surface area contributed by atoms with E-state index in [-0.39, 0.29) is 11.4 Å². The van der Waals surface area contributed by atoms with Crippen molar-refractivity contribution < 1.29 is 14.0 Å². The van der Waals surface area contributed by atoms with Gasteiger partial charge in [-0.25, -0.2) is 14.2 Å². The molecule has 0 aliphatic rings. The fourth-order valence-corrected chi connectivity index (χ4v) is 1.50. The number of nitrogens with two attached hydrogens (primary N) is 1. The summed E-state index contributed by atoms with van der Waals surface area (Å²) in [6.45, 7) is 0. The molecule has 4 N–H and O–H groups in total. The zero-order valence-electron chi connectivity index (χ0n) is 10.3. The number of hydrogen-bond donors (Lipinski definition) is 3. The minimum atomic E-state index is -0.728. The first kappa shape index (κ1) is 13.5. The van der Waals surface area contributed by atoms with Gasteiger partial charge in [0.2, 0.25) is 0 Å². The predicted octanol–water partition coefficient (Wildman–Crippen LogP) is 1.96. The number of amides is 3. The zero-order chi connectivity index (χ0) is 14.5. The van der Waals surface area contributed by atoms with Gasteiger partial charge in [0.05, 0.1) is 11.9 Å². The van der Waals surface area contributed by atoms with Gasteiger partial charge in [-0.15, -0.1) is 0 Å². The van der Waals surface area contributed by atoms with E-state index in [0.717, 1.165) is 6.07 Å². The largest absolute Gasteiger partial charge is 0.351 e. The molecule has 2 aromatic rings. The predicted molar refractivity (Wildman–Crippen MR) is 71.8 cm³/mol. The number of rotatable bonds is 3. The van der Waals surface area contributed by atoms with E-state index < -0.39 is 17.8 Å². The molecule has 0 unspecified atom stereocenters.